The first-order valence-corrected chi connectivity index (χ1v) is 5.64. The Morgan fingerprint density at radius 1 is 1.41 bits per heavy atom. The van der Waals surface area contributed by atoms with Crippen molar-refractivity contribution in [3.8, 4) is 17.0 Å². The molecule has 0 atom stereocenters. The van der Waals surface area contributed by atoms with Crippen LogP contribution >= 0.6 is 0 Å². The van der Waals surface area contributed by atoms with Crippen molar-refractivity contribution in [3.05, 3.63) is 30.5 Å². The number of benzene rings is 1. The number of rotatable bonds is 3. The lowest BCUT2D eigenvalue weighted by Gasteiger charge is -2.26. The molecule has 5 heteroatoms. The first-order chi connectivity index (χ1) is 8.36. The smallest absolute Gasteiger partial charge is 0.119 e. The minimum Gasteiger partial charge on any atom is -0.497 e. The Bertz CT molecular complexity index is 519. The Morgan fingerprint density at radius 3 is 3.00 bits per heavy atom. The highest BCUT2D eigenvalue weighted by atomic mass is 16.5. The molecule has 0 unspecified atom stereocenters. The van der Waals surface area contributed by atoms with E-state index >= 15 is 0 Å². The Labute approximate surface area is 99.4 Å². The van der Waals surface area contributed by atoms with Crippen LogP contribution in [0.15, 0.2) is 30.5 Å². The number of ether oxygens (including phenoxy) is 1. The zero-order valence-corrected chi connectivity index (χ0v) is 9.63. The van der Waals surface area contributed by atoms with Gasteiger partial charge in [0, 0.05) is 18.7 Å². The average molecular weight is 230 g/mol. The van der Waals surface area contributed by atoms with Gasteiger partial charge in [-0.05, 0) is 12.1 Å². The molecule has 0 amide bonds. The molecule has 0 bridgehead atoms. The predicted octanol–water partition coefficient (Wildman–Crippen LogP) is 1.10. The van der Waals surface area contributed by atoms with Crippen LogP contribution in [0, 0.1) is 0 Å². The van der Waals surface area contributed by atoms with Gasteiger partial charge in [-0.2, -0.15) is 0 Å². The van der Waals surface area contributed by atoms with Crippen LogP contribution in [0.3, 0.4) is 0 Å². The quantitative estimate of drug-likeness (QED) is 0.857. The van der Waals surface area contributed by atoms with E-state index in [4.69, 9.17) is 4.74 Å². The molecular weight excluding hydrogens is 216 g/mol. The zero-order chi connectivity index (χ0) is 11.7. The van der Waals surface area contributed by atoms with Crippen LogP contribution in [-0.4, -0.2) is 35.2 Å². The van der Waals surface area contributed by atoms with Gasteiger partial charge in [0.2, 0.25) is 0 Å². The van der Waals surface area contributed by atoms with E-state index in [1.54, 1.807) is 7.11 Å². The summed E-state index contributed by atoms with van der Waals surface area (Å²) in [6, 6.07) is 8.30. The lowest BCUT2D eigenvalue weighted by molar-refractivity contribution is 0.313. The Balaban J connectivity index is 1.89. The summed E-state index contributed by atoms with van der Waals surface area (Å²) in [5.74, 6) is 0.836. The van der Waals surface area contributed by atoms with Crippen LogP contribution in [0.1, 0.15) is 6.04 Å². The third-order valence-electron chi connectivity index (χ3n) is 3.01. The molecule has 3 rings (SSSR count). The number of hydrogen-bond donors (Lipinski definition) is 1. The molecule has 1 saturated heterocycles. The monoisotopic (exact) mass is 230 g/mol. The molecule has 0 radical (unpaired) electrons. The third kappa shape index (κ3) is 1.89. The van der Waals surface area contributed by atoms with E-state index < -0.39 is 0 Å². The van der Waals surface area contributed by atoms with Crippen LogP contribution in [0.5, 0.6) is 5.75 Å². The minimum absolute atomic E-state index is 0.446. The molecule has 17 heavy (non-hydrogen) atoms. The molecule has 2 aromatic rings. The van der Waals surface area contributed by atoms with E-state index in [0.717, 1.165) is 30.1 Å². The van der Waals surface area contributed by atoms with Crippen LogP contribution in [0.2, 0.25) is 0 Å². The zero-order valence-electron chi connectivity index (χ0n) is 9.63. The number of hydrogen-bond acceptors (Lipinski definition) is 4. The lowest BCUT2D eigenvalue weighted by atomic mass is 10.1. The second-order valence-corrected chi connectivity index (χ2v) is 4.13. The van der Waals surface area contributed by atoms with E-state index in [9.17, 15) is 0 Å². The van der Waals surface area contributed by atoms with E-state index in [1.807, 2.05) is 35.1 Å². The molecule has 1 aromatic heterocycles. The van der Waals surface area contributed by atoms with Crippen molar-refractivity contribution in [2.45, 2.75) is 6.04 Å². The fourth-order valence-electron chi connectivity index (χ4n) is 1.83. The van der Waals surface area contributed by atoms with Crippen molar-refractivity contribution in [1.82, 2.24) is 20.3 Å². The first-order valence-electron chi connectivity index (χ1n) is 5.64. The number of nitrogens with zero attached hydrogens (tertiary/aromatic N) is 3. The van der Waals surface area contributed by atoms with Crippen molar-refractivity contribution in [1.29, 1.82) is 0 Å². The summed E-state index contributed by atoms with van der Waals surface area (Å²) >= 11 is 0. The van der Waals surface area contributed by atoms with E-state index in [0.29, 0.717) is 6.04 Å². The summed E-state index contributed by atoms with van der Waals surface area (Å²) in [5, 5.41) is 11.6. The van der Waals surface area contributed by atoms with E-state index in [2.05, 4.69) is 15.6 Å². The molecule has 1 aliphatic rings. The van der Waals surface area contributed by atoms with Crippen molar-refractivity contribution in [2.75, 3.05) is 20.2 Å². The lowest BCUT2D eigenvalue weighted by Crippen LogP contribution is -2.43. The van der Waals surface area contributed by atoms with E-state index in [-0.39, 0.29) is 0 Å². The van der Waals surface area contributed by atoms with Gasteiger partial charge in [0.05, 0.1) is 19.3 Å². The molecule has 1 aromatic carbocycles. The van der Waals surface area contributed by atoms with Gasteiger partial charge >= 0.3 is 0 Å². The standard InChI is InChI=1S/C12H14N4O/c1-17-11-4-2-3-9(5-11)12-8-16(15-14-12)10-6-13-7-10/h2-5,8,10,13H,6-7H2,1H3. The second-order valence-electron chi connectivity index (χ2n) is 4.13. The third-order valence-corrected chi connectivity index (χ3v) is 3.01. The van der Waals surface area contributed by atoms with E-state index in [1.165, 1.54) is 0 Å². The summed E-state index contributed by atoms with van der Waals surface area (Å²) < 4.78 is 7.12. The molecule has 0 aliphatic carbocycles. The van der Waals surface area contributed by atoms with Crippen LogP contribution in [0.4, 0.5) is 0 Å². The van der Waals surface area contributed by atoms with Gasteiger partial charge < -0.3 is 10.1 Å². The molecular formula is C12H14N4O. The van der Waals surface area contributed by atoms with Crippen LogP contribution < -0.4 is 10.1 Å². The molecule has 1 fully saturated rings. The molecule has 5 nitrogen and oxygen atoms in total. The summed E-state index contributed by atoms with van der Waals surface area (Å²) in [7, 11) is 1.66. The Morgan fingerprint density at radius 2 is 2.29 bits per heavy atom. The van der Waals surface area contributed by atoms with Gasteiger partial charge in [-0.25, -0.2) is 4.68 Å². The normalized spacial score (nSPS) is 15.6. The van der Waals surface area contributed by atoms with Crippen LogP contribution in [0.25, 0.3) is 11.3 Å². The fourth-order valence-corrected chi connectivity index (χ4v) is 1.83. The van der Waals surface area contributed by atoms with Crippen molar-refractivity contribution >= 4 is 0 Å². The highest BCUT2D eigenvalue weighted by Crippen LogP contribution is 2.22. The maximum absolute atomic E-state index is 5.20. The van der Waals surface area contributed by atoms with Gasteiger partial charge in [-0.1, -0.05) is 17.3 Å². The van der Waals surface area contributed by atoms with Gasteiger partial charge in [-0.3, -0.25) is 0 Å². The van der Waals surface area contributed by atoms with Gasteiger partial charge in [-0.15, -0.1) is 5.10 Å². The Hall–Kier alpha value is -1.88. The summed E-state index contributed by atoms with van der Waals surface area (Å²) in [5.41, 5.74) is 1.92. The largest absolute Gasteiger partial charge is 0.497 e. The van der Waals surface area contributed by atoms with Gasteiger partial charge in [0.15, 0.2) is 0 Å². The fraction of sp³-hybridized carbons (Fsp3) is 0.333. The highest BCUT2D eigenvalue weighted by molar-refractivity contribution is 5.59. The van der Waals surface area contributed by atoms with Gasteiger partial charge in [0.25, 0.3) is 0 Å². The SMILES string of the molecule is COc1cccc(-c2cn(C3CNC3)nn2)c1. The maximum atomic E-state index is 5.20. The molecule has 0 saturated carbocycles. The molecule has 1 N–H and O–H groups in total. The predicted molar refractivity (Wildman–Crippen MR) is 63.9 cm³/mol. The minimum atomic E-state index is 0.446. The van der Waals surface area contributed by atoms with Crippen molar-refractivity contribution < 1.29 is 4.74 Å². The molecule has 0 spiro atoms. The molecule has 88 valence electrons. The average Bonchev–Trinajstić information content (AvgIpc) is 2.76. The first kappa shape index (κ1) is 10.3. The number of nitrogens with one attached hydrogen (secondary N) is 1. The van der Waals surface area contributed by atoms with Crippen molar-refractivity contribution in [3.63, 3.8) is 0 Å². The van der Waals surface area contributed by atoms with Gasteiger partial charge in [0.1, 0.15) is 11.4 Å². The topological polar surface area (TPSA) is 52.0 Å². The Kier molecular flexibility index (Phi) is 2.53. The summed E-state index contributed by atoms with van der Waals surface area (Å²) in [4.78, 5) is 0. The molecule has 1 aliphatic heterocycles. The summed E-state index contributed by atoms with van der Waals surface area (Å²) in [6.45, 7) is 1.95. The number of methoxy groups -OCH3 is 1. The maximum Gasteiger partial charge on any atom is 0.119 e. The number of aromatic nitrogens is 3. The molecule has 2 heterocycles. The van der Waals surface area contributed by atoms with Crippen molar-refractivity contribution in [2.24, 2.45) is 0 Å². The second kappa shape index (κ2) is 4.18. The van der Waals surface area contributed by atoms with Crippen LogP contribution in [-0.2, 0) is 0 Å². The highest BCUT2D eigenvalue weighted by Gasteiger charge is 2.20. The summed E-state index contributed by atoms with van der Waals surface area (Å²) in [6.07, 6.45) is 1.99.